The van der Waals surface area contributed by atoms with Crippen LogP contribution in [0.1, 0.15) is 40.8 Å². The molecule has 0 saturated carbocycles. The number of hydrogen-bond acceptors (Lipinski definition) is 3. The van der Waals surface area contributed by atoms with Crippen LogP contribution in [0.15, 0.2) is 22.9 Å². The van der Waals surface area contributed by atoms with Crippen LogP contribution in [0.3, 0.4) is 0 Å². The molecule has 0 aliphatic heterocycles. The van der Waals surface area contributed by atoms with Crippen molar-refractivity contribution in [1.29, 1.82) is 0 Å². The zero-order chi connectivity index (χ0) is 13.1. The third kappa shape index (κ3) is 3.44. The van der Waals surface area contributed by atoms with Crippen molar-refractivity contribution in [1.82, 2.24) is 5.32 Å². The molecule has 2 aromatic rings. The van der Waals surface area contributed by atoms with Gasteiger partial charge in [-0.15, -0.1) is 11.3 Å². The van der Waals surface area contributed by atoms with Gasteiger partial charge in [-0.25, -0.2) is 0 Å². The lowest BCUT2D eigenvalue weighted by atomic mass is 10.1. The number of rotatable bonds is 5. The molecule has 0 saturated heterocycles. The Morgan fingerprint density at radius 1 is 1.28 bits per heavy atom. The van der Waals surface area contributed by atoms with E-state index in [2.05, 4.69) is 55.9 Å². The summed E-state index contributed by atoms with van der Waals surface area (Å²) in [7, 11) is 0. The average Bonchev–Trinajstić information content (AvgIpc) is 2.88. The Labute approximate surface area is 118 Å². The summed E-state index contributed by atoms with van der Waals surface area (Å²) in [5, 5.41) is 8.09. The second-order valence-electron chi connectivity index (χ2n) is 4.99. The van der Waals surface area contributed by atoms with E-state index in [-0.39, 0.29) is 0 Å². The molecule has 3 heteroatoms. The van der Waals surface area contributed by atoms with E-state index in [9.17, 15) is 0 Å². The largest absolute Gasteiger partial charge is 0.307 e. The van der Waals surface area contributed by atoms with Crippen molar-refractivity contribution in [3.63, 3.8) is 0 Å². The van der Waals surface area contributed by atoms with Gasteiger partial charge < -0.3 is 5.32 Å². The van der Waals surface area contributed by atoms with Gasteiger partial charge in [0.1, 0.15) is 0 Å². The average molecular weight is 279 g/mol. The summed E-state index contributed by atoms with van der Waals surface area (Å²) in [4.78, 5) is 2.84. The normalized spacial score (nSPS) is 14.7. The van der Waals surface area contributed by atoms with Gasteiger partial charge in [0, 0.05) is 21.8 Å². The number of nitrogens with one attached hydrogen (secondary N) is 1. The van der Waals surface area contributed by atoms with E-state index < -0.39 is 0 Å². The summed E-state index contributed by atoms with van der Waals surface area (Å²) in [5.41, 5.74) is 2.89. The molecule has 0 spiro atoms. The van der Waals surface area contributed by atoms with E-state index in [1.165, 1.54) is 20.9 Å². The first-order valence-electron chi connectivity index (χ1n) is 6.40. The fourth-order valence-electron chi connectivity index (χ4n) is 2.42. The van der Waals surface area contributed by atoms with Gasteiger partial charge in [0.2, 0.25) is 0 Å². The van der Waals surface area contributed by atoms with Crippen LogP contribution < -0.4 is 5.32 Å². The van der Waals surface area contributed by atoms with E-state index in [1.807, 2.05) is 11.3 Å². The Balaban J connectivity index is 1.94. The maximum Gasteiger partial charge on any atom is 0.0305 e. The van der Waals surface area contributed by atoms with Gasteiger partial charge in [0.15, 0.2) is 0 Å². The van der Waals surface area contributed by atoms with Crippen molar-refractivity contribution in [2.75, 3.05) is 0 Å². The van der Waals surface area contributed by atoms with Crippen molar-refractivity contribution >= 4 is 22.7 Å². The van der Waals surface area contributed by atoms with E-state index in [1.54, 1.807) is 11.3 Å². The molecule has 0 aliphatic carbocycles. The molecule has 2 heterocycles. The Morgan fingerprint density at radius 2 is 2.06 bits per heavy atom. The highest BCUT2D eigenvalue weighted by Gasteiger charge is 2.13. The predicted molar refractivity (Wildman–Crippen MR) is 82.8 cm³/mol. The van der Waals surface area contributed by atoms with Crippen LogP contribution in [-0.4, -0.2) is 6.04 Å². The molecule has 0 aromatic carbocycles. The summed E-state index contributed by atoms with van der Waals surface area (Å²) in [6.45, 7) is 8.93. The lowest BCUT2D eigenvalue weighted by Crippen LogP contribution is -2.30. The van der Waals surface area contributed by atoms with Crippen molar-refractivity contribution < 1.29 is 0 Å². The maximum absolute atomic E-state index is 3.70. The fraction of sp³-hybridized carbons (Fsp3) is 0.467. The van der Waals surface area contributed by atoms with Gasteiger partial charge >= 0.3 is 0 Å². The van der Waals surface area contributed by atoms with E-state index in [4.69, 9.17) is 0 Å². The van der Waals surface area contributed by atoms with Crippen LogP contribution in [0.2, 0.25) is 0 Å². The molecule has 0 bridgehead atoms. The van der Waals surface area contributed by atoms with Gasteiger partial charge in [-0.1, -0.05) is 0 Å². The Morgan fingerprint density at radius 3 is 2.61 bits per heavy atom. The topological polar surface area (TPSA) is 12.0 Å². The zero-order valence-corrected chi connectivity index (χ0v) is 13.1. The first-order chi connectivity index (χ1) is 8.56. The standard InChI is InChI=1S/C15H21NS2/c1-10(7-14-5-6-17-9-14)16-12(3)15-8-11(2)18-13(15)4/h5-6,8-10,12,16H,7H2,1-4H3. The minimum absolute atomic E-state index is 0.434. The first-order valence-corrected chi connectivity index (χ1v) is 8.16. The second-order valence-corrected chi connectivity index (χ2v) is 7.23. The van der Waals surface area contributed by atoms with Crippen molar-refractivity contribution in [2.24, 2.45) is 0 Å². The molecule has 1 nitrogen and oxygen atoms in total. The third-order valence-electron chi connectivity index (χ3n) is 3.20. The van der Waals surface area contributed by atoms with Crippen LogP contribution in [0.5, 0.6) is 0 Å². The zero-order valence-electron chi connectivity index (χ0n) is 11.5. The van der Waals surface area contributed by atoms with Gasteiger partial charge in [-0.3, -0.25) is 0 Å². The highest BCUT2D eigenvalue weighted by atomic mass is 32.1. The molecule has 2 rings (SSSR count). The molecule has 0 aliphatic rings. The van der Waals surface area contributed by atoms with Gasteiger partial charge in [-0.2, -0.15) is 11.3 Å². The molecule has 0 amide bonds. The summed E-state index contributed by atoms with van der Waals surface area (Å²) in [5.74, 6) is 0. The van der Waals surface area contributed by atoms with Crippen molar-refractivity contribution in [3.8, 4) is 0 Å². The van der Waals surface area contributed by atoms with E-state index >= 15 is 0 Å². The van der Waals surface area contributed by atoms with Crippen LogP contribution in [-0.2, 0) is 6.42 Å². The summed E-state index contributed by atoms with van der Waals surface area (Å²) in [6, 6.07) is 5.47. The van der Waals surface area contributed by atoms with Crippen LogP contribution >= 0.6 is 22.7 Å². The quantitative estimate of drug-likeness (QED) is 0.836. The number of hydrogen-bond donors (Lipinski definition) is 1. The van der Waals surface area contributed by atoms with Crippen LogP contribution in [0.25, 0.3) is 0 Å². The minimum atomic E-state index is 0.434. The van der Waals surface area contributed by atoms with Crippen molar-refractivity contribution in [3.05, 3.63) is 43.8 Å². The van der Waals surface area contributed by atoms with Gasteiger partial charge in [0.25, 0.3) is 0 Å². The Kier molecular flexibility index (Phi) is 4.60. The first kappa shape index (κ1) is 13.8. The monoisotopic (exact) mass is 279 g/mol. The van der Waals surface area contributed by atoms with Crippen LogP contribution in [0.4, 0.5) is 0 Å². The molecule has 0 fully saturated rings. The molecule has 2 atom stereocenters. The predicted octanol–water partition coefficient (Wildman–Crippen LogP) is 4.71. The SMILES string of the molecule is Cc1cc(C(C)NC(C)Cc2ccsc2)c(C)s1. The minimum Gasteiger partial charge on any atom is -0.307 e. The number of thiophene rings is 2. The van der Waals surface area contributed by atoms with Crippen LogP contribution in [0, 0.1) is 13.8 Å². The third-order valence-corrected chi connectivity index (χ3v) is 4.92. The van der Waals surface area contributed by atoms with E-state index in [0.29, 0.717) is 12.1 Å². The Bertz CT molecular complexity index is 485. The smallest absolute Gasteiger partial charge is 0.0305 e. The van der Waals surface area contributed by atoms with Gasteiger partial charge in [-0.05, 0) is 68.1 Å². The fourth-order valence-corrected chi connectivity index (χ4v) is 4.12. The molecule has 18 heavy (non-hydrogen) atoms. The van der Waals surface area contributed by atoms with E-state index in [0.717, 1.165) is 6.42 Å². The maximum atomic E-state index is 3.70. The highest BCUT2D eigenvalue weighted by molar-refractivity contribution is 7.12. The molecule has 0 radical (unpaired) electrons. The summed E-state index contributed by atoms with van der Waals surface area (Å²) < 4.78 is 0. The lowest BCUT2D eigenvalue weighted by molar-refractivity contribution is 0.477. The molecule has 98 valence electrons. The lowest BCUT2D eigenvalue weighted by Gasteiger charge is -2.20. The molecule has 1 N–H and O–H groups in total. The summed E-state index contributed by atoms with van der Waals surface area (Å²) >= 11 is 3.67. The number of aryl methyl sites for hydroxylation is 2. The summed E-state index contributed by atoms with van der Waals surface area (Å²) in [6.07, 6.45) is 1.11. The molecule has 2 unspecified atom stereocenters. The molecular weight excluding hydrogens is 258 g/mol. The Hall–Kier alpha value is -0.640. The molecular formula is C15H21NS2. The second kappa shape index (κ2) is 6.00. The molecule has 2 aromatic heterocycles. The highest BCUT2D eigenvalue weighted by Crippen LogP contribution is 2.26. The van der Waals surface area contributed by atoms with Crippen molar-refractivity contribution in [2.45, 2.75) is 46.2 Å². The van der Waals surface area contributed by atoms with Gasteiger partial charge in [0.05, 0.1) is 0 Å².